The van der Waals surface area contributed by atoms with Crippen LogP contribution in [0.5, 0.6) is 0 Å². The molecule has 114 valence electrons. The van der Waals surface area contributed by atoms with Gasteiger partial charge in [0.05, 0.1) is 12.1 Å². The van der Waals surface area contributed by atoms with E-state index in [1.807, 2.05) is 0 Å². The average Bonchev–Trinajstić information content (AvgIpc) is 2.39. The van der Waals surface area contributed by atoms with Crippen LogP contribution in [0.4, 0.5) is 13.2 Å². The molecule has 0 saturated carbocycles. The molecule has 0 spiro atoms. The van der Waals surface area contributed by atoms with Crippen LogP contribution in [0.3, 0.4) is 0 Å². The number of nitrogens with zero attached hydrogens (tertiary/aromatic N) is 1. The summed E-state index contributed by atoms with van der Waals surface area (Å²) in [5.74, 6) is -0.647. The highest BCUT2D eigenvalue weighted by atomic mass is 19.4. The summed E-state index contributed by atoms with van der Waals surface area (Å²) in [5, 5.41) is 2.46. The summed E-state index contributed by atoms with van der Waals surface area (Å²) in [5.41, 5.74) is -1.53. The normalized spacial score (nSPS) is 18.6. The van der Waals surface area contributed by atoms with Crippen molar-refractivity contribution in [3.05, 3.63) is 35.4 Å². The molecule has 1 aromatic rings. The minimum atomic E-state index is -4.44. The van der Waals surface area contributed by atoms with E-state index in [1.165, 1.54) is 17.0 Å². The van der Waals surface area contributed by atoms with E-state index in [1.54, 1.807) is 13.8 Å². The third kappa shape index (κ3) is 3.01. The summed E-state index contributed by atoms with van der Waals surface area (Å²) < 4.78 is 38.1. The molecule has 2 rings (SSSR count). The molecular formula is C14H15F3N2O2. The molecule has 2 amide bonds. The van der Waals surface area contributed by atoms with Gasteiger partial charge in [-0.3, -0.25) is 9.59 Å². The van der Waals surface area contributed by atoms with Gasteiger partial charge < -0.3 is 10.2 Å². The van der Waals surface area contributed by atoms with E-state index in [0.29, 0.717) is 5.56 Å². The van der Waals surface area contributed by atoms with Crippen molar-refractivity contribution >= 4 is 11.8 Å². The van der Waals surface area contributed by atoms with E-state index < -0.39 is 17.3 Å². The molecule has 0 aliphatic carbocycles. The fourth-order valence-corrected chi connectivity index (χ4v) is 2.22. The van der Waals surface area contributed by atoms with Crippen molar-refractivity contribution in [2.45, 2.75) is 32.1 Å². The number of rotatable bonds is 2. The molecule has 1 aliphatic heterocycles. The SMILES string of the molecule is CC1(C)C(=O)NCC(=O)N1Cc1cccc(C(F)(F)F)c1. The van der Waals surface area contributed by atoms with Crippen molar-refractivity contribution in [2.75, 3.05) is 6.54 Å². The molecule has 1 fully saturated rings. The van der Waals surface area contributed by atoms with Crippen molar-refractivity contribution in [3.8, 4) is 0 Å². The Kier molecular flexibility index (Phi) is 3.69. The second-order valence-corrected chi connectivity index (χ2v) is 5.42. The number of benzene rings is 1. The van der Waals surface area contributed by atoms with Gasteiger partial charge in [-0.25, -0.2) is 0 Å². The van der Waals surface area contributed by atoms with E-state index in [2.05, 4.69) is 5.32 Å². The van der Waals surface area contributed by atoms with Gasteiger partial charge in [0.1, 0.15) is 5.54 Å². The third-order valence-corrected chi connectivity index (χ3v) is 3.53. The van der Waals surface area contributed by atoms with Crippen molar-refractivity contribution < 1.29 is 22.8 Å². The van der Waals surface area contributed by atoms with E-state index in [9.17, 15) is 22.8 Å². The zero-order valence-corrected chi connectivity index (χ0v) is 11.6. The average molecular weight is 300 g/mol. The van der Waals surface area contributed by atoms with Crippen molar-refractivity contribution in [2.24, 2.45) is 0 Å². The van der Waals surface area contributed by atoms with Crippen LogP contribution in [-0.2, 0) is 22.3 Å². The van der Waals surface area contributed by atoms with Gasteiger partial charge in [0, 0.05) is 6.54 Å². The first-order chi connectivity index (χ1) is 9.62. The molecule has 1 aliphatic rings. The summed E-state index contributed by atoms with van der Waals surface area (Å²) in [6.45, 7) is 2.95. The fraction of sp³-hybridized carbons (Fsp3) is 0.429. The highest BCUT2D eigenvalue weighted by molar-refractivity contribution is 5.97. The molecular weight excluding hydrogens is 285 g/mol. The Morgan fingerprint density at radius 3 is 2.57 bits per heavy atom. The lowest BCUT2D eigenvalue weighted by molar-refractivity contribution is -0.152. The number of nitrogens with one attached hydrogen (secondary N) is 1. The Bertz CT molecular complexity index is 582. The Hall–Kier alpha value is -2.05. The molecule has 1 saturated heterocycles. The van der Waals surface area contributed by atoms with Gasteiger partial charge in [0.2, 0.25) is 11.8 Å². The van der Waals surface area contributed by atoms with Crippen LogP contribution in [0.25, 0.3) is 0 Å². The minimum Gasteiger partial charge on any atom is -0.345 e. The molecule has 0 unspecified atom stereocenters. The number of alkyl halides is 3. The van der Waals surface area contributed by atoms with Gasteiger partial charge in [-0.2, -0.15) is 13.2 Å². The van der Waals surface area contributed by atoms with E-state index >= 15 is 0 Å². The van der Waals surface area contributed by atoms with Crippen LogP contribution in [0.1, 0.15) is 25.0 Å². The third-order valence-electron chi connectivity index (χ3n) is 3.53. The maximum absolute atomic E-state index is 12.7. The summed E-state index contributed by atoms with van der Waals surface area (Å²) in [6, 6.07) is 4.76. The number of piperazine rings is 1. The summed E-state index contributed by atoms with van der Waals surface area (Å²) in [7, 11) is 0. The second kappa shape index (κ2) is 5.05. The van der Waals surface area contributed by atoms with Gasteiger partial charge in [-0.15, -0.1) is 0 Å². The molecule has 7 heteroatoms. The lowest BCUT2D eigenvalue weighted by atomic mass is 9.97. The van der Waals surface area contributed by atoms with Crippen LogP contribution in [0, 0.1) is 0 Å². The van der Waals surface area contributed by atoms with E-state index in [4.69, 9.17) is 0 Å². The zero-order valence-electron chi connectivity index (χ0n) is 11.6. The van der Waals surface area contributed by atoms with Gasteiger partial charge in [0.25, 0.3) is 0 Å². The number of hydrogen-bond donors (Lipinski definition) is 1. The molecule has 0 radical (unpaired) electrons. The molecule has 0 atom stereocenters. The number of carbonyl (C=O) groups is 2. The van der Waals surface area contributed by atoms with Gasteiger partial charge in [-0.1, -0.05) is 12.1 Å². The molecule has 0 aromatic heterocycles. The number of amides is 2. The predicted molar refractivity (Wildman–Crippen MR) is 69.1 cm³/mol. The van der Waals surface area contributed by atoms with Crippen LogP contribution >= 0.6 is 0 Å². The molecule has 1 aromatic carbocycles. The number of halogens is 3. The standard InChI is InChI=1S/C14H15F3N2O2/c1-13(2)12(21)18-7-11(20)19(13)8-9-4-3-5-10(6-9)14(15,16)17/h3-6H,7-8H2,1-2H3,(H,18,21). The quantitative estimate of drug-likeness (QED) is 0.907. The second-order valence-electron chi connectivity index (χ2n) is 5.42. The van der Waals surface area contributed by atoms with Gasteiger partial charge >= 0.3 is 6.18 Å². The summed E-state index contributed by atoms with van der Waals surface area (Å²) in [6.07, 6.45) is -4.44. The lowest BCUT2D eigenvalue weighted by Crippen LogP contribution is -2.63. The Labute approximate surface area is 119 Å². The van der Waals surface area contributed by atoms with Crippen molar-refractivity contribution in [1.82, 2.24) is 10.2 Å². The molecule has 1 N–H and O–H groups in total. The first-order valence-corrected chi connectivity index (χ1v) is 6.37. The van der Waals surface area contributed by atoms with Crippen LogP contribution < -0.4 is 5.32 Å². The highest BCUT2D eigenvalue weighted by Gasteiger charge is 2.41. The van der Waals surface area contributed by atoms with Crippen LogP contribution in [0.15, 0.2) is 24.3 Å². The lowest BCUT2D eigenvalue weighted by Gasteiger charge is -2.41. The first kappa shape index (κ1) is 15.3. The maximum Gasteiger partial charge on any atom is 0.416 e. The van der Waals surface area contributed by atoms with Gasteiger partial charge in [0.15, 0.2) is 0 Å². The number of hydrogen-bond acceptors (Lipinski definition) is 2. The van der Waals surface area contributed by atoms with Crippen LogP contribution in [0.2, 0.25) is 0 Å². The molecule has 0 bridgehead atoms. The Morgan fingerprint density at radius 1 is 1.29 bits per heavy atom. The van der Waals surface area contributed by atoms with Crippen LogP contribution in [-0.4, -0.2) is 28.8 Å². The minimum absolute atomic E-state index is 0.0385. The molecule has 21 heavy (non-hydrogen) atoms. The van der Waals surface area contributed by atoms with Gasteiger partial charge in [-0.05, 0) is 31.5 Å². The summed E-state index contributed by atoms with van der Waals surface area (Å²) in [4.78, 5) is 25.0. The topological polar surface area (TPSA) is 49.4 Å². The fourth-order valence-electron chi connectivity index (χ4n) is 2.22. The highest BCUT2D eigenvalue weighted by Crippen LogP contribution is 2.30. The number of carbonyl (C=O) groups excluding carboxylic acids is 2. The Morgan fingerprint density at radius 2 is 1.95 bits per heavy atom. The monoisotopic (exact) mass is 300 g/mol. The zero-order chi connectivity index (χ0) is 15.8. The largest absolute Gasteiger partial charge is 0.416 e. The van der Waals surface area contributed by atoms with E-state index in [0.717, 1.165) is 12.1 Å². The molecule has 4 nitrogen and oxygen atoms in total. The predicted octanol–water partition coefficient (Wildman–Crippen LogP) is 1.94. The molecule has 1 heterocycles. The smallest absolute Gasteiger partial charge is 0.345 e. The van der Waals surface area contributed by atoms with E-state index in [-0.39, 0.29) is 24.9 Å². The first-order valence-electron chi connectivity index (χ1n) is 6.37. The van der Waals surface area contributed by atoms with Crippen molar-refractivity contribution in [1.29, 1.82) is 0 Å². The van der Waals surface area contributed by atoms with Crippen molar-refractivity contribution in [3.63, 3.8) is 0 Å². The Balaban J connectivity index is 2.28. The summed E-state index contributed by atoms with van der Waals surface area (Å²) >= 11 is 0. The maximum atomic E-state index is 12.7.